The number of carbonyl (C=O) groups excluding carboxylic acids is 1. The molecule has 1 aliphatic rings. The number of hydrogen-bond donors (Lipinski definition) is 1. The number of hydrogen-bond acceptors (Lipinski definition) is 4. The van der Waals surface area contributed by atoms with E-state index in [9.17, 15) is 4.79 Å². The Labute approximate surface area is 119 Å². The lowest BCUT2D eigenvalue weighted by molar-refractivity contribution is -0.132. The summed E-state index contributed by atoms with van der Waals surface area (Å²) in [4.78, 5) is 13.7. The highest BCUT2D eigenvalue weighted by Gasteiger charge is 2.29. The second-order valence-electron chi connectivity index (χ2n) is 5.22. The van der Waals surface area contributed by atoms with Gasteiger partial charge in [0.2, 0.25) is 0 Å². The summed E-state index contributed by atoms with van der Waals surface area (Å²) in [6, 6.07) is 5.71. The predicted molar refractivity (Wildman–Crippen MR) is 76.9 cm³/mol. The Kier molecular flexibility index (Phi) is 4.49. The Bertz CT molecular complexity index is 484. The van der Waals surface area contributed by atoms with Gasteiger partial charge in [-0.05, 0) is 25.8 Å². The first-order chi connectivity index (χ1) is 9.52. The van der Waals surface area contributed by atoms with Crippen molar-refractivity contribution in [1.82, 2.24) is 4.90 Å². The summed E-state index contributed by atoms with van der Waals surface area (Å²) in [5, 5.41) is 0. The highest BCUT2D eigenvalue weighted by Crippen LogP contribution is 2.29. The van der Waals surface area contributed by atoms with Crippen LogP contribution < -0.4 is 15.2 Å². The van der Waals surface area contributed by atoms with E-state index in [0.717, 1.165) is 18.4 Å². The summed E-state index contributed by atoms with van der Waals surface area (Å²) in [6.07, 6.45) is 2.18. The SMILES string of the molecule is COc1ccc([C@@H](C)N)c(OCC(=O)N(C)C2CC2)c1. The maximum absolute atomic E-state index is 12.0. The third-order valence-corrected chi connectivity index (χ3v) is 3.55. The Morgan fingerprint density at radius 1 is 1.50 bits per heavy atom. The van der Waals surface area contributed by atoms with Gasteiger partial charge in [0, 0.05) is 30.8 Å². The van der Waals surface area contributed by atoms with E-state index in [0.29, 0.717) is 17.5 Å². The molecule has 0 spiro atoms. The molecule has 1 aromatic carbocycles. The van der Waals surface area contributed by atoms with Gasteiger partial charge in [0.05, 0.1) is 7.11 Å². The average Bonchev–Trinajstić information content (AvgIpc) is 3.27. The molecule has 1 saturated carbocycles. The third-order valence-electron chi connectivity index (χ3n) is 3.55. The van der Waals surface area contributed by atoms with Crippen molar-refractivity contribution >= 4 is 5.91 Å². The molecule has 1 atom stereocenters. The number of amides is 1. The standard InChI is InChI=1S/C15H22N2O3/c1-10(16)13-7-6-12(19-3)8-14(13)20-9-15(18)17(2)11-4-5-11/h6-8,10-11H,4-5,9,16H2,1-3H3/t10-/m1/s1. The van der Waals surface area contributed by atoms with Crippen molar-refractivity contribution in [3.8, 4) is 11.5 Å². The van der Waals surface area contributed by atoms with Crippen LogP contribution in [-0.4, -0.2) is 37.6 Å². The lowest BCUT2D eigenvalue weighted by atomic mass is 10.1. The minimum absolute atomic E-state index is 0.00838. The summed E-state index contributed by atoms with van der Waals surface area (Å²) in [7, 11) is 3.41. The third kappa shape index (κ3) is 3.42. The van der Waals surface area contributed by atoms with Gasteiger partial charge in [-0.15, -0.1) is 0 Å². The van der Waals surface area contributed by atoms with Crippen molar-refractivity contribution < 1.29 is 14.3 Å². The van der Waals surface area contributed by atoms with Crippen molar-refractivity contribution in [1.29, 1.82) is 0 Å². The zero-order valence-electron chi connectivity index (χ0n) is 12.3. The maximum Gasteiger partial charge on any atom is 0.260 e. The van der Waals surface area contributed by atoms with Crippen LogP contribution in [0.1, 0.15) is 31.4 Å². The highest BCUT2D eigenvalue weighted by atomic mass is 16.5. The summed E-state index contributed by atoms with van der Waals surface area (Å²) in [5.74, 6) is 1.29. The highest BCUT2D eigenvalue weighted by molar-refractivity contribution is 5.78. The molecule has 0 unspecified atom stereocenters. The zero-order chi connectivity index (χ0) is 14.7. The Morgan fingerprint density at radius 3 is 2.75 bits per heavy atom. The van der Waals surface area contributed by atoms with Gasteiger partial charge in [-0.2, -0.15) is 0 Å². The first kappa shape index (κ1) is 14.7. The van der Waals surface area contributed by atoms with Crippen molar-refractivity contribution in [3.05, 3.63) is 23.8 Å². The molecular formula is C15H22N2O3. The van der Waals surface area contributed by atoms with E-state index in [-0.39, 0.29) is 18.6 Å². The quantitative estimate of drug-likeness (QED) is 0.860. The summed E-state index contributed by atoms with van der Waals surface area (Å²) in [6.45, 7) is 1.91. The molecule has 0 aromatic heterocycles. The monoisotopic (exact) mass is 278 g/mol. The zero-order valence-corrected chi connectivity index (χ0v) is 12.3. The number of carbonyl (C=O) groups is 1. The molecule has 110 valence electrons. The number of rotatable bonds is 6. The van der Waals surface area contributed by atoms with Crippen LogP contribution in [0.15, 0.2) is 18.2 Å². The predicted octanol–water partition coefficient (Wildman–Crippen LogP) is 1.71. The molecule has 0 saturated heterocycles. The number of benzene rings is 1. The van der Waals surface area contributed by atoms with Gasteiger partial charge >= 0.3 is 0 Å². The first-order valence-electron chi connectivity index (χ1n) is 6.85. The van der Waals surface area contributed by atoms with Crippen molar-refractivity contribution in [2.45, 2.75) is 31.8 Å². The summed E-state index contributed by atoms with van der Waals surface area (Å²) in [5.41, 5.74) is 6.78. The second kappa shape index (κ2) is 6.13. The van der Waals surface area contributed by atoms with E-state index < -0.39 is 0 Å². The molecule has 5 nitrogen and oxygen atoms in total. The molecule has 1 aliphatic carbocycles. The van der Waals surface area contributed by atoms with Crippen LogP contribution in [-0.2, 0) is 4.79 Å². The fraction of sp³-hybridized carbons (Fsp3) is 0.533. The molecule has 0 heterocycles. The van der Waals surface area contributed by atoms with Gasteiger partial charge in [0.1, 0.15) is 11.5 Å². The average molecular weight is 278 g/mol. The maximum atomic E-state index is 12.0. The van der Waals surface area contributed by atoms with E-state index in [1.807, 2.05) is 26.1 Å². The first-order valence-corrected chi connectivity index (χ1v) is 6.85. The van der Waals surface area contributed by atoms with E-state index >= 15 is 0 Å². The van der Waals surface area contributed by atoms with Crippen molar-refractivity contribution in [3.63, 3.8) is 0 Å². The van der Waals surface area contributed by atoms with Gasteiger partial charge in [-0.1, -0.05) is 6.07 Å². The fourth-order valence-electron chi connectivity index (χ4n) is 2.05. The van der Waals surface area contributed by atoms with E-state index in [1.165, 1.54) is 0 Å². The Balaban J connectivity index is 2.04. The number of methoxy groups -OCH3 is 1. The van der Waals surface area contributed by atoms with Gasteiger partial charge in [0.15, 0.2) is 6.61 Å². The molecule has 1 aromatic rings. The molecule has 0 bridgehead atoms. The molecule has 2 rings (SSSR count). The molecule has 20 heavy (non-hydrogen) atoms. The summed E-state index contributed by atoms with van der Waals surface area (Å²) >= 11 is 0. The fourth-order valence-corrected chi connectivity index (χ4v) is 2.05. The molecule has 0 aliphatic heterocycles. The molecular weight excluding hydrogens is 256 g/mol. The lowest BCUT2D eigenvalue weighted by Gasteiger charge is -2.19. The molecule has 2 N–H and O–H groups in total. The number of ether oxygens (including phenoxy) is 2. The second-order valence-corrected chi connectivity index (χ2v) is 5.22. The van der Waals surface area contributed by atoms with Gasteiger partial charge in [-0.25, -0.2) is 0 Å². The normalized spacial score (nSPS) is 15.6. The smallest absolute Gasteiger partial charge is 0.260 e. The lowest BCUT2D eigenvalue weighted by Crippen LogP contribution is -2.33. The van der Waals surface area contributed by atoms with Crippen LogP contribution >= 0.6 is 0 Å². The van der Waals surface area contributed by atoms with Crippen LogP contribution in [0, 0.1) is 0 Å². The van der Waals surface area contributed by atoms with Crippen LogP contribution in [0.25, 0.3) is 0 Å². The van der Waals surface area contributed by atoms with Crippen LogP contribution in [0.2, 0.25) is 0 Å². The minimum Gasteiger partial charge on any atom is -0.497 e. The topological polar surface area (TPSA) is 64.8 Å². The molecule has 5 heteroatoms. The molecule has 1 amide bonds. The summed E-state index contributed by atoms with van der Waals surface area (Å²) < 4.78 is 10.8. The Morgan fingerprint density at radius 2 is 2.20 bits per heavy atom. The van der Waals surface area contributed by atoms with Crippen LogP contribution in [0.5, 0.6) is 11.5 Å². The van der Waals surface area contributed by atoms with Crippen LogP contribution in [0.3, 0.4) is 0 Å². The van der Waals surface area contributed by atoms with E-state index in [1.54, 1.807) is 18.1 Å². The number of nitrogens with two attached hydrogens (primary N) is 1. The number of nitrogens with zero attached hydrogens (tertiary/aromatic N) is 1. The van der Waals surface area contributed by atoms with Crippen molar-refractivity contribution in [2.24, 2.45) is 5.73 Å². The molecule has 1 fully saturated rings. The minimum atomic E-state index is -0.160. The van der Waals surface area contributed by atoms with Crippen molar-refractivity contribution in [2.75, 3.05) is 20.8 Å². The van der Waals surface area contributed by atoms with E-state index in [4.69, 9.17) is 15.2 Å². The van der Waals surface area contributed by atoms with Gasteiger partial charge < -0.3 is 20.1 Å². The van der Waals surface area contributed by atoms with E-state index in [2.05, 4.69) is 0 Å². The Hall–Kier alpha value is -1.75. The molecule has 0 radical (unpaired) electrons. The number of likely N-dealkylation sites (N-methyl/N-ethyl adjacent to an activating group) is 1. The van der Waals surface area contributed by atoms with Gasteiger partial charge in [-0.3, -0.25) is 4.79 Å². The van der Waals surface area contributed by atoms with Crippen LogP contribution in [0.4, 0.5) is 0 Å². The van der Waals surface area contributed by atoms with Gasteiger partial charge in [0.25, 0.3) is 5.91 Å². The largest absolute Gasteiger partial charge is 0.497 e.